The topological polar surface area (TPSA) is 114 Å². The van der Waals surface area contributed by atoms with E-state index in [0.29, 0.717) is 36.0 Å². The molecule has 25 heavy (non-hydrogen) atoms. The largest absolute Gasteiger partial charge is 0.454 e. The monoisotopic (exact) mass is 340 g/mol. The van der Waals surface area contributed by atoms with Gasteiger partial charge in [0.2, 0.25) is 12.7 Å². The first kappa shape index (κ1) is 15.3. The number of fused-ring (bicyclic) bond motifs is 2. The summed E-state index contributed by atoms with van der Waals surface area (Å²) in [5.74, 6) is 2.43. The molecule has 0 saturated heterocycles. The van der Waals surface area contributed by atoms with Crippen LogP contribution in [0.3, 0.4) is 0 Å². The van der Waals surface area contributed by atoms with Crippen molar-refractivity contribution >= 4 is 22.9 Å². The lowest BCUT2D eigenvalue weighted by Crippen LogP contribution is -2.11. The molecule has 0 amide bonds. The Morgan fingerprint density at radius 1 is 1.04 bits per heavy atom. The number of nitrogens with zero attached hydrogens (tertiary/aromatic N) is 4. The van der Waals surface area contributed by atoms with Gasteiger partial charge < -0.3 is 25.2 Å². The number of hydrogen-bond acceptors (Lipinski definition) is 9. The summed E-state index contributed by atoms with van der Waals surface area (Å²) in [6, 6.07) is 5.74. The molecule has 3 N–H and O–H groups in total. The van der Waals surface area contributed by atoms with Crippen molar-refractivity contribution in [1.82, 2.24) is 19.9 Å². The van der Waals surface area contributed by atoms with Crippen molar-refractivity contribution in [3.63, 3.8) is 0 Å². The van der Waals surface area contributed by atoms with E-state index in [1.807, 2.05) is 18.2 Å². The number of aromatic nitrogens is 4. The molecule has 3 aromatic rings. The van der Waals surface area contributed by atoms with Gasteiger partial charge in [-0.1, -0.05) is 6.07 Å². The maximum atomic E-state index is 9.02. The predicted molar refractivity (Wildman–Crippen MR) is 90.6 cm³/mol. The third-order valence-corrected chi connectivity index (χ3v) is 3.62. The van der Waals surface area contributed by atoms with Gasteiger partial charge in [-0.3, -0.25) is 0 Å². The van der Waals surface area contributed by atoms with E-state index >= 15 is 0 Å². The van der Waals surface area contributed by atoms with Gasteiger partial charge in [0.05, 0.1) is 6.61 Å². The molecule has 0 unspecified atom stereocenters. The molecule has 0 saturated carbocycles. The molecule has 1 aliphatic heterocycles. The van der Waals surface area contributed by atoms with Crippen molar-refractivity contribution in [3.8, 4) is 11.5 Å². The molecule has 3 heterocycles. The van der Waals surface area contributed by atoms with Gasteiger partial charge in [-0.15, -0.1) is 0 Å². The summed E-state index contributed by atoms with van der Waals surface area (Å²) < 4.78 is 10.7. The second-order valence-corrected chi connectivity index (χ2v) is 5.32. The molecule has 0 aliphatic carbocycles. The van der Waals surface area contributed by atoms with Gasteiger partial charge in [-0.05, 0) is 17.7 Å². The van der Waals surface area contributed by atoms with E-state index in [1.54, 1.807) is 12.4 Å². The van der Waals surface area contributed by atoms with Crippen molar-refractivity contribution in [1.29, 1.82) is 0 Å². The number of aliphatic hydroxyl groups is 1. The maximum Gasteiger partial charge on any atom is 0.231 e. The normalized spacial score (nSPS) is 12.4. The Kier molecular flexibility index (Phi) is 4.13. The minimum Gasteiger partial charge on any atom is -0.454 e. The van der Waals surface area contributed by atoms with E-state index in [0.717, 1.165) is 17.1 Å². The Labute approximate surface area is 143 Å². The molecule has 0 radical (unpaired) electrons. The molecular weight excluding hydrogens is 324 g/mol. The second kappa shape index (κ2) is 6.73. The van der Waals surface area contributed by atoms with Gasteiger partial charge in [0.25, 0.3) is 0 Å². The molecule has 9 heteroatoms. The summed E-state index contributed by atoms with van der Waals surface area (Å²) in [7, 11) is 0. The van der Waals surface area contributed by atoms with Crippen molar-refractivity contribution < 1.29 is 14.6 Å². The first-order valence-electron chi connectivity index (χ1n) is 7.79. The Morgan fingerprint density at radius 2 is 1.92 bits per heavy atom. The van der Waals surface area contributed by atoms with Crippen LogP contribution < -0.4 is 20.1 Å². The number of aliphatic hydroxyl groups excluding tert-OH is 1. The summed E-state index contributed by atoms with van der Waals surface area (Å²) in [6.45, 7) is 1.12. The molecule has 4 rings (SSSR count). The van der Waals surface area contributed by atoms with E-state index < -0.39 is 0 Å². The van der Waals surface area contributed by atoms with E-state index in [9.17, 15) is 0 Å². The molecule has 1 aromatic carbocycles. The highest BCUT2D eigenvalue weighted by Crippen LogP contribution is 2.32. The predicted octanol–water partition coefficient (Wildman–Crippen LogP) is 1.16. The van der Waals surface area contributed by atoms with Gasteiger partial charge in [0.1, 0.15) is 0 Å². The van der Waals surface area contributed by atoms with Crippen molar-refractivity contribution in [2.45, 2.75) is 6.54 Å². The van der Waals surface area contributed by atoms with Crippen LogP contribution in [0, 0.1) is 0 Å². The summed E-state index contributed by atoms with van der Waals surface area (Å²) in [6.07, 6.45) is 3.16. The minimum absolute atomic E-state index is 0.00822. The lowest BCUT2D eigenvalue weighted by atomic mass is 10.2. The number of hydrogen-bond donors (Lipinski definition) is 3. The van der Waals surface area contributed by atoms with Crippen molar-refractivity contribution in [3.05, 3.63) is 36.2 Å². The van der Waals surface area contributed by atoms with Crippen LogP contribution in [-0.2, 0) is 6.54 Å². The zero-order valence-electron chi connectivity index (χ0n) is 13.3. The number of rotatable bonds is 6. The fraction of sp³-hybridized carbons (Fsp3) is 0.250. The minimum atomic E-state index is -0.00822. The van der Waals surface area contributed by atoms with Crippen LogP contribution in [0.5, 0.6) is 11.5 Å². The molecule has 0 bridgehead atoms. The zero-order chi connectivity index (χ0) is 17.1. The summed E-state index contributed by atoms with van der Waals surface area (Å²) in [4.78, 5) is 17.3. The van der Waals surface area contributed by atoms with Gasteiger partial charge in [-0.25, -0.2) is 9.97 Å². The van der Waals surface area contributed by atoms with Crippen molar-refractivity contribution in [2.75, 3.05) is 30.6 Å². The Morgan fingerprint density at radius 3 is 2.84 bits per heavy atom. The van der Waals surface area contributed by atoms with Crippen LogP contribution in [0.4, 0.5) is 11.8 Å². The fourth-order valence-corrected chi connectivity index (χ4v) is 2.47. The number of anilines is 2. The first-order chi connectivity index (χ1) is 12.3. The second-order valence-electron chi connectivity index (χ2n) is 5.32. The molecule has 9 nitrogen and oxygen atoms in total. The highest BCUT2D eigenvalue weighted by molar-refractivity contribution is 5.83. The van der Waals surface area contributed by atoms with Gasteiger partial charge in [0, 0.05) is 25.5 Å². The highest BCUT2D eigenvalue weighted by atomic mass is 16.7. The number of ether oxygens (including phenoxy) is 2. The van der Waals surface area contributed by atoms with Crippen molar-refractivity contribution in [2.24, 2.45) is 0 Å². The average molecular weight is 340 g/mol. The molecule has 0 atom stereocenters. The SMILES string of the molecule is OCCNc1nc(NCc2ccc3c(c2)OCO3)nc2nccnc12. The van der Waals surface area contributed by atoms with Crippen LogP contribution in [0.15, 0.2) is 30.6 Å². The molecule has 1 aliphatic rings. The van der Waals surface area contributed by atoms with E-state index in [-0.39, 0.29) is 13.4 Å². The quantitative estimate of drug-likeness (QED) is 0.608. The Balaban J connectivity index is 1.56. The summed E-state index contributed by atoms with van der Waals surface area (Å²) >= 11 is 0. The summed E-state index contributed by atoms with van der Waals surface area (Å²) in [5.41, 5.74) is 2.05. The van der Waals surface area contributed by atoms with Crippen LogP contribution in [0.1, 0.15) is 5.56 Å². The zero-order valence-corrected chi connectivity index (χ0v) is 13.3. The fourth-order valence-electron chi connectivity index (χ4n) is 2.47. The van der Waals surface area contributed by atoms with E-state index in [4.69, 9.17) is 14.6 Å². The molecule has 0 fully saturated rings. The molecular formula is C16H16N6O3. The van der Waals surface area contributed by atoms with Gasteiger partial charge in [0.15, 0.2) is 28.5 Å². The average Bonchev–Trinajstić information content (AvgIpc) is 3.12. The summed E-state index contributed by atoms with van der Waals surface area (Å²) in [5, 5.41) is 15.2. The number of nitrogens with one attached hydrogen (secondary N) is 2. The Hall–Kier alpha value is -3.20. The lowest BCUT2D eigenvalue weighted by molar-refractivity contribution is 0.174. The van der Waals surface area contributed by atoms with E-state index in [2.05, 4.69) is 30.6 Å². The van der Waals surface area contributed by atoms with Crippen LogP contribution in [-0.4, -0.2) is 45.0 Å². The van der Waals surface area contributed by atoms with Gasteiger partial charge >= 0.3 is 0 Å². The van der Waals surface area contributed by atoms with Crippen LogP contribution in [0.25, 0.3) is 11.2 Å². The van der Waals surface area contributed by atoms with Crippen LogP contribution in [0.2, 0.25) is 0 Å². The number of benzene rings is 1. The standard InChI is InChI=1S/C16H16N6O3/c23-6-5-19-15-13-14(18-4-3-17-13)21-16(22-15)20-8-10-1-2-11-12(7-10)25-9-24-11/h1-4,7,23H,5-6,8-9H2,(H2,18,19,20,21,22). The third-order valence-electron chi connectivity index (χ3n) is 3.62. The van der Waals surface area contributed by atoms with Gasteiger partial charge in [-0.2, -0.15) is 9.97 Å². The molecule has 2 aromatic heterocycles. The highest BCUT2D eigenvalue weighted by Gasteiger charge is 2.14. The first-order valence-corrected chi connectivity index (χ1v) is 7.79. The lowest BCUT2D eigenvalue weighted by Gasteiger charge is -2.10. The molecule has 0 spiro atoms. The third kappa shape index (κ3) is 3.22. The maximum absolute atomic E-state index is 9.02. The Bertz CT molecular complexity index is 904. The van der Waals surface area contributed by atoms with Crippen LogP contribution >= 0.6 is 0 Å². The van der Waals surface area contributed by atoms with E-state index in [1.165, 1.54) is 0 Å². The smallest absolute Gasteiger partial charge is 0.231 e. The molecule has 128 valence electrons.